The smallest absolute Gasteiger partial charge is 0.177 e. The number of hydrogen-bond donors (Lipinski definition) is 0. The zero-order valence-electron chi connectivity index (χ0n) is 5.60. The maximum atomic E-state index is 10.6. The highest BCUT2D eigenvalue weighted by molar-refractivity contribution is 5.93. The Bertz CT molecular complexity index is 210. The number of aromatic nitrogens is 1. The average molecular weight is 158 g/mol. The van der Waals surface area contributed by atoms with Crippen LogP contribution < -0.4 is 17.4 Å². The molecule has 0 saturated carbocycles. The number of carbonyl (C=O) groups is 1. The number of rotatable bonds is 1. The molecule has 0 aromatic carbocycles. The summed E-state index contributed by atoms with van der Waals surface area (Å²) in [7, 11) is 0. The molecule has 1 aromatic heterocycles. The Balaban J connectivity index is 0.000000810. The molecule has 10 heavy (non-hydrogen) atoms. The van der Waals surface area contributed by atoms with Crippen LogP contribution in [0.4, 0.5) is 0 Å². The number of Topliss-reactive ketones (excluding diaryl/α,β-unsaturated/α-hetero) is 1. The molecule has 0 radical (unpaired) electrons. The largest absolute Gasteiger partial charge is 1.00 e. The zero-order valence-corrected chi connectivity index (χ0v) is 6.35. The van der Waals surface area contributed by atoms with Gasteiger partial charge in [0.2, 0.25) is 0 Å². The van der Waals surface area contributed by atoms with E-state index in [1.807, 2.05) is 0 Å². The van der Waals surface area contributed by atoms with Gasteiger partial charge in [0.25, 0.3) is 0 Å². The van der Waals surface area contributed by atoms with E-state index in [4.69, 9.17) is 0 Å². The van der Waals surface area contributed by atoms with E-state index in [9.17, 15) is 4.79 Å². The Morgan fingerprint density at radius 1 is 1.60 bits per heavy atom. The maximum absolute atomic E-state index is 10.6. The summed E-state index contributed by atoms with van der Waals surface area (Å²) in [4.78, 5) is 13.4. The predicted octanol–water partition coefficient (Wildman–Crippen LogP) is -2.29. The van der Waals surface area contributed by atoms with E-state index in [0.717, 1.165) is 5.56 Å². The van der Waals surface area contributed by atoms with Crippen molar-refractivity contribution in [1.29, 1.82) is 0 Å². The first-order valence-corrected chi connectivity index (χ1v) is 2.78. The lowest BCUT2D eigenvalue weighted by molar-refractivity contribution is -0.378. The van der Waals surface area contributed by atoms with E-state index >= 15 is 0 Å². The summed E-state index contributed by atoms with van der Waals surface area (Å²) in [5.41, 5.74) is 0.720. The van der Waals surface area contributed by atoms with Gasteiger partial charge in [-0.2, -0.15) is 0 Å². The number of ketones is 1. The van der Waals surface area contributed by atoms with Crippen molar-refractivity contribution in [1.82, 2.24) is 0 Å². The molecule has 0 atom stereocenters. The van der Waals surface area contributed by atoms with E-state index in [-0.39, 0.29) is 18.2 Å². The number of pyridine rings is 1. The van der Waals surface area contributed by atoms with Crippen molar-refractivity contribution in [2.75, 3.05) is 0 Å². The molecular weight excluding hydrogens is 150 g/mol. The standard InChI is InChI=1S/C7H7NO.ClH/c1-6(9)7-3-2-4-8-5-7;/h2-5H,1H3;1H. The fourth-order valence-electron chi connectivity index (χ4n) is 0.612. The highest BCUT2D eigenvalue weighted by atomic mass is 35.5. The van der Waals surface area contributed by atoms with Gasteiger partial charge in [0.15, 0.2) is 18.2 Å². The van der Waals surface area contributed by atoms with Crippen molar-refractivity contribution >= 4 is 5.78 Å². The van der Waals surface area contributed by atoms with Crippen LogP contribution in [-0.4, -0.2) is 5.78 Å². The van der Waals surface area contributed by atoms with Gasteiger partial charge < -0.3 is 12.4 Å². The quantitative estimate of drug-likeness (QED) is 0.422. The van der Waals surface area contributed by atoms with E-state index in [0.29, 0.717) is 0 Å². The Hall–Kier alpha value is -0.890. The van der Waals surface area contributed by atoms with Crippen LogP contribution in [-0.2, 0) is 0 Å². The van der Waals surface area contributed by atoms with Gasteiger partial charge in [0.1, 0.15) is 0 Å². The molecule has 3 heteroatoms. The van der Waals surface area contributed by atoms with Crippen LogP contribution in [0.2, 0.25) is 0 Å². The van der Waals surface area contributed by atoms with Crippen LogP contribution in [0.1, 0.15) is 17.3 Å². The normalized spacial score (nSPS) is 8.10. The van der Waals surface area contributed by atoms with Crippen molar-refractivity contribution < 1.29 is 22.2 Å². The second-order valence-corrected chi connectivity index (χ2v) is 1.85. The number of H-pyrrole nitrogens is 1. The van der Waals surface area contributed by atoms with Crippen LogP contribution in [0.5, 0.6) is 0 Å². The highest BCUT2D eigenvalue weighted by Gasteiger charge is 1.97. The predicted molar refractivity (Wildman–Crippen MR) is 33.0 cm³/mol. The average Bonchev–Trinajstić information content (AvgIpc) is 1.90. The molecule has 0 bridgehead atoms. The molecule has 1 heterocycles. The lowest BCUT2D eigenvalue weighted by Gasteiger charge is -1.84. The summed E-state index contributed by atoms with van der Waals surface area (Å²) in [6, 6.07) is 3.58. The van der Waals surface area contributed by atoms with Crippen LogP contribution in [0.15, 0.2) is 24.5 Å². The molecule has 54 valence electrons. The van der Waals surface area contributed by atoms with Crippen molar-refractivity contribution in [3.8, 4) is 0 Å². The van der Waals surface area contributed by atoms with Gasteiger partial charge in [0, 0.05) is 6.07 Å². The molecule has 0 aliphatic heterocycles. The number of aromatic amines is 1. The third-order valence-corrected chi connectivity index (χ3v) is 1.11. The first-order chi connectivity index (χ1) is 4.30. The van der Waals surface area contributed by atoms with E-state index in [1.54, 1.807) is 31.5 Å². The summed E-state index contributed by atoms with van der Waals surface area (Å²) in [5.74, 6) is 0.0897. The fourth-order valence-corrected chi connectivity index (χ4v) is 0.612. The minimum Gasteiger partial charge on any atom is -1.00 e. The van der Waals surface area contributed by atoms with E-state index in [1.165, 1.54) is 0 Å². The Morgan fingerprint density at radius 3 is 2.60 bits per heavy atom. The number of nitrogens with one attached hydrogen (secondary N) is 1. The van der Waals surface area contributed by atoms with Crippen molar-refractivity contribution in [3.05, 3.63) is 30.1 Å². The number of halogens is 1. The second kappa shape index (κ2) is 4.01. The lowest BCUT2D eigenvalue weighted by Crippen LogP contribution is -3.00. The zero-order chi connectivity index (χ0) is 6.69. The summed E-state index contributed by atoms with van der Waals surface area (Å²) < 4.78 is 0. The number of carbonyl (C=O) groups excluding carboxylic acids is 1. The molecule has 1 rings (SSSR count). The molecular formula is C7H8ClNO. The molecule has 0 spiro atoms. The van der Waals surface area contributed by atoms with Crippen LogP contribution in [0.25, 0.3) is 0 Å². The van der Waals surface area contributed by atoms with Crippen LogP contribution in [0, 0.1) is 0 Å². The van der Waals surface area contributed by atoms with Crippen molar-refractivity contribution in [3.63, 3.8) is 0 Å². The van der Waals surface area contributed by atoms with Gasteiger partial charge in [0.05, 0.1) is 5.56 Å². The monoisotopic (exact) mass is 157 g/mol. The second-order valence-electron chi connectivity index (χ2n) is 1.85. The molecule has 2 nitrogen and oxygen atoms in total. The van der Waals surface area contributed by atoms with Gasteiger partial charge in [-0.05, 0) is 13.0 Å². The minimum absolute atomic E-state index is 0. The van der Waals surface area contributed by atoms with E-state index in [2.05, 4.69) is 4.98 Å². The Labute approximate surface area is 65.7 Å². The third kappa shape index (κ3) is 2.15. The first-order valence-electron chi connectivity index (χ1n) is 2.78. The molecule has 0 fully saturated rings. The van der Waals surface area contributed by atoms with Crippen LogP contribution >= 0.6 is 0 Å². The molecule has 0 amide bonds. The number of hydrogen-bond acceptors (Lipinski definition) is 1. The maximum Gasteiger partial charge on any atom is 0.177 e. The molecule has 0 aliphatic carbocycles. The highest BCUT2D eigenvalue weighted by Crippen LogP contribution is 1.92. The van der Waals surface area contributed by atoms with Gasteiger partial charge in [-0.3, -0.25) is 4.79 Å². The van der Waals surface area contributed by atoms with Gasteiger partial charge >= 0.3 is 0 Å². The Morgan fingerprint density at radius 2 is 2.30 bits per heavy atom. The van der Waals surface area contributed by atoms with Crippen LogP contribution in [0.3, 0.4) is 0 Å². The third-order valence-electron chi connectivity index (χ3n) is 1.11. The molecule has 1 aromatic rings. The SMILES string of the molecule is CC(=O)c1ccc[nH+]c1.[Cl-]. The minimum atomic E-state index is 0. The lowest BCUT2D eigenvalue weighted by atomic mass is 10.2. The van der Waals surface area contributed by atoms with Crippen molar-refractivity contribution in [2.24, 2.45) is 0 Å². The molecule has 0 saturated heterocycles. The Kier molecular flexibility index (Phi) is 3.65. The fraction of sp³-hybridized carbons (Fsp3) is 0.143. The molecule has 0 aliphatic rings. The summed E-state index contributed by atoms with van der Waals surface area (Å²) in [6.45, 7) is 1.54. The summed E-state index contributed by atoms with van der Waals surface area (Å²) in [6.07, 6.45) is 3.45. The van der Waals surface area contributed by atoms with Gasteiger partial charge in [-0.25, -0.2) is 4.98 Å². The van der Waals surface area contributed by atoms with Gasteiger partial charge in [-0.1, -0.05) is 0 Å². The first kappa shape index (κ1) is 9.11. The van der Waals surface area contributed by atoms with Crippen molar-refractivity contribution in [2.45, 2.75) is 6.92 Å². The van der Waals surface area contributed by atoms with Gasteiger partial charge in [-0.15, -0.1) is 0 Å². The molecule has 1 N–H and O–H groups in total. The van der Waals surface area contributed by atoms with E-state index < -0.39 is 0 Å². The summed E-state index contributed by atoms with van der Waals surface area (Å²) >= 11 is 0. The molecule has 0 unspecified atom stereocenters. The topological polar surface area (TPSA) is 31.2 Å². The summed E-state index contributed by atoms with van der Waals surface area (Å²) in [5, 5.41) is 0.